The number of carbonyl (C=O) groups excluding carboxylic acids is 1. The molecule has 0 saturated carbocycles. The zero-order valence-electron chi connectivity index (χ0n) is 14.0. The molecule has 0 unspecified atom stereocenters. The smallest absolute Gasteiger partial charge is 0.271 e. The molecule has 0 aliphatic carbocycles. The highest BCUT2D eigenvalue weighted by Gasteiger charge is 2.21. The highest BCUT2D eigenvalue weighted by atomic mass is 32.1. The minimum Gasteiger partial charge on any atom is -0.493 e. The lowest BCUT2D eigenvalue weighted by atomic mass is 10.3. The molecule has 0 aliphatic heterocycles. The summed E-state index contributed by atoms with van der Waals surface area (Å²) in [5.41, 5.74) is 1.63. The summed E-state index contributed by atoms with van der Waals surface area (Å²) in [5, 5.41) is 2.54. The van der Waals surface area contributed by atoms with Crippen molar-refractivity contribution in [3.8, 4) is 11.5 Å². The van der Waals surface area contributed by atoms with Gasteiger partial charge in [0.25, 0.3) is 5.91 Å². The number of hydrogen-bond acceptors (Lipinski definition) is 5. The molecule has 25 heavy (non-hydrogen) atoms. The van der Waals surface area contributed by atoms with Crippen LogP contribution in [0.15, 0.2) is 60.0 Å². The number of ether oxygens (including phenoxy) is 2. The molecular formula is C19H18N2O3S. The third-order valence-electron chi connectivity index (χ3n) is 3.48. The molecule has 6 heteroatoms. The standard InChI is InChI=1S/C19H18N2O3S/c1-14-13-25-19(20-14)21(15-8-4-3-5-9-15)18(22)12-24-17-11-7-6-10-16(17)23-2/h3-11,13H,12H2,1-2H3. The lowest BCUT2D eigenvalue weighted by Crippen LogP contribution is -2.30. The van der Waals surface area contributed by atoms with Gasteiger partial charge in [-0.05, 0) is 31.2 Å². The Morgan fingerprint density at radius 3 is 2.40 bits per heavy atom. The largest absolute Gasteiger partial charge is 0.493 e. The van der Waals surface area contributed by atoms with Crippen LogP contribution in [0.4, 0.5) is 10.8 Å². The highest BCUT2D eigenvalue weighted by Crippen LogP contribution is 2.30. The van der Waals surface area contributed by atoms with Crippen LogP contribution < -0.4 is 14.4 Å². The van der Waals surface area contributed by atoms with E-state index in [1.54, 1.807) is 24.1 Å². The van der Waals surface area contributed by atoms with Crippen molar-refractivity contribution in [2.45, 2.75) is 6.92 Å². The van der Waals surface area contributed by atoms with Gasteiger partial charge in [-0.1, -0.05) is 30.3 Å². The van der Waals surface area contributed by atoms with Gasteiger partial charge in [0.15, 0.2) is 23.2 Å². The fourth-order valence-electron chi connectivity index (χ4n) is 2.32. The van der Waals surface area contributed by atoms with Crippen LogP contribution in [0.5, 0.6) is 11.5 Å². The van der Waals surface area contributed by atoms with Crippen LogP contribution in [0.2, 0.25) is 0 Å². The number of amides is 1. The molecule has 1 aromatic heterocycles. The number of hydrogen-bond donors (Lipinski definition) is 0. The van der Waals surface area contributed by atoms with Gasteiger partial charge in [0.2, 0.25) is 0 Å². The Bertz CT molecular complexity index is 849. The molecule has 1 heterocycles. The summed E-state index contributed by atoms with van der Waals surface area (Å²) in [5.74, 6) is 0.916. The van der Waals surface area contributed by atoms with E-state index >= 15 is 0 Å². The Morgan fingerprint density at radius 1 is 1.08 bits per heavy atom. The quantitative estimate of drug-likeness (QED) is 0.666. The van der Waals surface area contributed by atoms with Gasteiger partial charge in [-0.3, -0.25) is 9.69 Å². The number of para-hydroxylation sites is 3. The molecule has 0 spiro atoms. The minimum absolute atomic E-state index is 0.117. The SMILES string of the molecule is COc1ccccc1OCC(=O)N(c1ccccc1)c1nc(C)cs1. The van der Waals surface area contributed by atoms with Gasteiger partial charge in [0, 0.05) is 5.38 Å². The van der Waals surface area contributed by atoms with Crippen LogP contribution in [0, 0.1) is 6.92 Å². The molecule has 3 aromatic rings. The number of aryl methyl sites for hydroxylation is 1. The Labute approximate surface area is 150 Å². The van der Waals surface area contributed by atoms with E-state index in [4.69, 9.17) is 9.47 Å². The van der Waals surface area contributed by atoms with Crippen molar-refractivity contribution in [1.82, 2.24) is 4.98 Å². The number of aromatic nitrogens is 1. The molecule has 0 aliphatic rings. The molecule has 128 valence electrons. The first-order valence-electron chi connectivity index (χ1n) is 7.75. The molecule has 0 bridgehead atoms. The summed E-state index contributed by atoms with van der Waals surface area (Å²) in [4.78, 5) is 18.9. The minimum atomic E-state index is -0.202. The van der Waals surface area contributed by atoms with Crippen LogP contribution in [0.1, 0.15) is 5.69 Å². The normalized spacial score (nSPS) is 10.3. The van der Waals surface area contributed by atoms with E-state index in [-0.39, 0.29) is 12.5 Å². The Hall–Kier alpha value is -2.86. The molecule has 0 atom stereocenters. The van der Waals surface area contributed by atoms with Gasteiger partial charge >= 0.3 is 0 Å². The van der Waals surface area contributed by atoms with Crippen molar-refractivity contribution < 1.29 is 14.3 Å². The number of benzene rings is 2. The van der Waals surface area contributed by atoms with Crippen LogP contribution in [0.3, 0.4) is 0 Å². The number of nitrogens with zero attached hydrogens (tertiary/aromatic N) is 2. The fraction of sp³-hybridized carbons (Fsp3) is 0.158. The molecule has 0 saturated heterocycles. The molecule has 1 amide bonds. The van der Waals surface area contributed by atoms with Crippen LogP contribution in [-0.4, -0.2) is 24.6 Å². The van der Waals surface area contributed by atoms with E-state index < -0.39 is 0 Å². The predicted octanol–water partition coefficient (Wildman–Crippen LogP) is 4.20. The number of carbonyl (C=O) groups is 1. The molecule has 0 fully saturated rings. The van der Waals surface area contributed by atoms with Crippen molar-refractivity contribution in [2.75, 3.05) is 18.6 Å². The third kappa shape index (κ3) is 3.97. The van der Waals surface area contributed by atoms with E-state index in [0.717, 1.165) is 11.4 Å². The summed E-state index contributed by atoms with van der Waals surface area (Å²) in [7, 11) is 1.57. The van der Waals surface area contributed by atoms with Crippen molar-refractivity contribution >= 4 is 28.1 Å². The first kappa shape index (κ1) is 17.0. The number of methoxy groups -OCH3 is 1. The topological polar surface area (TPSA) is 51.7 Å². The lowest BCUT2D eigenvalue weighted by molar-refractivity contribution is -0.119. The number of thiazole rings is 1. The molecule has 2 aromatic carbocycles. The molecule has 3 rings (SSSR count). The van der Waals surface area contributed by atoms with Gasteiger partial charge in [-0.15, -0.1) is 11.3 Å². The summed E-state index contributed by atoms with van der Waals surface area (Å²) in [6, 6.07) is 16.7. The maximum Gasteiger partial charge on any atom is 0.271 e. The van der Waals surface area contributed by atoms with E-state index in [0.29, 0.717) is 16.6 Å². The van der Waals surface area contributed by atoms with Crippen molar-refractivity contribution in [3.63, 3.8) is 0 Å². The monoisotopic (exact) mass is 354 g/mol. The average molecular weight is 354 g/mol. The maximum atomic E-state index is 12.9. The summed E-state index contributed by atoms with van der Waals surface area (Å²) < 4.78 is 10.9. The fourth-order valence-corrected chi connectivity index (χ4v) is 3.16. The Kier molecular flexibility index (Phi) is 5.30. The zero-order chi connectivity index (χ0) is 17.6. The second kappa shape index (κ2) is 7.81. The molecule has 0 N–H and O–H groups in total. The zero-order valence-corrected chi connectivity index (χ0v) is 14.8. The van der Waals surface area contributed by atoms with E-state index in [2.05, 4.69) is 4.98 Å². The first-order valence-corrected chi connectivity index (χ1v) is 8.63. The molecular weight excluding hydrogens is 336 g/mol. The van der Waals surface area contributed by atoms with Crippen molar-refractivity contribution in [2.24, 2.45) is 0 Å². The van der Waals surface area contributed by atoms with Crippen LogP contribution in [0.25, 0.3) is 0 Å². The van der Waals surface area contributed by atoms with Crippen molar-refractivity contribution in [1.29, 1.82) is 0 Å². The Morgan fingerprint density at radius 2 is 1.76 bits per heavy atom. The highest BCUT2D eigenvalue weighted by molar-refractivity contribution is 7.14. The van der Waals surface area contributed by atoms with Gasteiger partial charge in [-0.25, -0.2) is 4.98 Å². The van der Waals surface area contributed by atoms with E-state index in [1.165, 1.54) is 11.3 Å². The van der Waals surface area contributed by atoms with E-state index in [9.17, 15) is 4.79 Å². The lowest BCUT2D eigenvalue weighted by Gasteiger charge is -2.20. The van der Waals surface area contributed by atoms with E-state index in [1.807, 2.05) is 54.8 Å². The maximum absolute atomic E-state index is 12.9. The second-order valence-corrected chi connectivity index (χ2v) is 6.11. The first-order chi connectivity index (χ1) is 12.2. The van der Waals surface area contributed by atoms with Gasteiger partial charge in [-0.2, -0.15) is 0 Å². The van der Waals surface area contributed by atoms with Gasteiger partial charge < -0.3 is 9.47 Å². The predicted molar refractivity (Wildman–Crippen MR) is 98.9 cm³/mol. The van der Waals surface area contributed by atoms with Crippen LogP contribution in [-0.2, 0) is 4.79 Å². The van der Waals surface area contributed by atoms with Crippen LogP contribution >= 0.6 is 11.3 Å². The number of anilines is 2. The summed E-state index contributed by atoms with van der Waals surface area (Å²) in [6.45, 7) is 1.78. The third-order valence-corrected chi connectivity index (χ3v) is 4.43. The van der Waals surface area contributed by atoms with Gasteiger partial charge in [0.05, 0.1) is 18.5 Å². The Balaban J connectivity index is 1.82. The summed E-state index contributed by atoms with van der Waals surface area (Å²) >= 11 is 1.42. The van der Waals surface area contributed by atoms with Crippen molar-refractivity contribution in [3.05, 3.63) is 65.7 Å². The molecule has 5 nitrogen and oxygen atoms in total. The van der Waals surface area contributed by atoms with Gasteiger partial charge in [0.1, 0.15) is 0 Å². The average Bonchev–Trinajstić information content (AvgIpc) is 3.07. The second-order valence-electron chi connectivity index (χ2n) is 5.28. The number of rotatable bonds is 6. The summed E-state index contributed by atoms with van der Waals surface area (Å²) in [6.07, 6.45) is 0. The molecule has 0 radical (unpaired) electrons.